The maximum atomic E-state index is 11.9. The molecule has 1 aliphatic rings. The molecule has 4 heteroatoms. The molecule has 2 amide bonds. The summed E-state index contributed by atoms with van der Waals surface area (Å²) in [5.74, 6) is 0. The fourth-order valence-electron chi connectivity index (χ4n) is 2.43. The highest BCUT2D eigenvalue weighted by Crippen LogP contribution is 2.45. The SMILES string of the molecule is CCCCCCNC(=O)NC1(c2ccc(N)cc2)CC1. The van der Waals surface area contributed by atoms with Crippen molar-refractivity contribution < 1.29 is 4.79 Å². The molecule has 1 aliphatic carbocycles. The fraction of sp³-hybridized carbons (Fsp3) is 0.562. The van der Waals surface area contributed by atoms with Crippen LogP contribution in [0.2, 0.25) is 0 Å². The van der Waals surface area contributed by atoms with Crippen molar-refractivity contribution in [2.75, 3.05) is 12.3 Å². The van der Waals surface area contributed by atoms with E-state index < -0.39 is 0 Å². The topological polar surface area (TPSA) is 67.2 Å². The molecular weight excluding hydrogens is 250 g/mol. The molecule has 4 nitrogen and oxygen atoms in total. The predicted molar refractivity (Wildman–Crippen MR) is 82.4 cm³/mol. The zero-order chi connectivity index (χ0) is 14.4. The van der Waals surface area contributed by atoms with Gasteiger partial charge in [0.15, 0.2) is 0 Å². The molecule has 0 atom stereocenters. The van der Waals surface area contributed by atoms with Gasteiger partial charge in [-0.15, -0.1) is 0 Å². The number of nitrogen functional groups attached to an aromatic ring is 1. The third kappa shape index (κ3) is 3.89. The first-order chi connectivity index (χ1) is 9.66. The number of nitrogens with two attached hydrogens (primary N) is 1. The van der Waals surface area contributed by atoms with E-state index in [0.29, 0.717) is 0 Å². The van der Waals surface area contributed by atoms with Gasteiger partial charge in [-0.3, -0.25) is 0 Å². The van der Waals surface area contributed by atoms with Crippen LogP contribution in [0.4, 0.5) is 10.5 Å². The average Bonchev–Trinajstić information content (AvgIpc) is 3.20. The second kappa shape index (κ2) is 6.64. The molecule has 2 rings (SSSR count). The lowest BCUT2D eigenvalue weighted by molar-refractivity contribution is 0.235. The summed E-state index contributed by atoms with van der Waals surface area (Å²) in [7, 11) is 0. The van der Waals surface area contributed by atoms with E-state index in [0.717, 1.165) is 37.1 Å². The quantitative estimate of drug-likeness (QED) is 0.528. The summed E-state index contributed by atoms with van der Waals surface area (Å²) in [6.45, 7) is 2.94. The zero-order valence-electron chi connectivity index (χ0n) is 12.2. The number of amides is 2. The van der Waals surface area contributed by atoms with Gasteiger partial charge in [0.2, 0.25) is 0 Å². The van der Waals surface area contributed by atoms with E-state index >= 15 is 0 Å². The molecule has 4 N–H and O–H groups in total. The second-order valence-corrected chi connectivity index (χ2v) is 5.65. The normalized spacial score (nSPS) is 15.7. The summed E-state index contributed by atoms with van der Waals surface area (Å²) in [4.78, 5) is 11.9. The van der Waals surface area contributed by atoms with Gasteiger partial charge >= 0.3 is 6.03 Å². The van der Waals surface area contributed by atoms with Gasteiger partial charge in [0.25, 0.3) is 0 Å². The summed E-state index contributed by atoms with van der Waals surface area (Å²) >= 11 is 0. The molecule has 0 aliphatic heterocycles. The number of unbranched alkanes of at least 4 members (excludes halogenated alkanes) is 3. The minimum absolute atomic E-state index is 0.0594. The maximum absolute atomic E-state index is 11.9. The Bertz CT molecular complexity index is 438. The molecule has 0 saturated heterocycles. The van der Waals surface area contributed by atoms with E-state index in [2.05, 4.69) is 17.6 Å². The summed E-state index contributed by atoms with van der Waals surface area (Å²) in [5.41, 5.74) is 7.43. The lowest BCUT2D eigenvalue weighted by atomic mass is 10.0. The maximum Gasteiger partial charge on any atom is 0.315 e. The Morgan fingerprint density at radius 1 is 1.20 bits per heavy atom. The van der Waals surface area contributed by atoms with Crippen molar-refractivity contribution in [2.45, 2.75) is 51.0 Å². The van der Waals surface area contributed by atoms with E-state index in [4.69, 9.17) is 5.73 Å². The molecule has 0 radical (unpaired) electrons. The Balaban J connectivity index is 1.77. The Morgan fingerprint density at radius 3 is 2.50 bits per heavy atom. The van der Waals surface area contributed by atoms with E-state index in [9.17, 15) is 4.79 Å². The van der Waals surface area contributed by atoms with Crippen molar-refractivity contribution in [1.82, 2.24) is 10.6 Å². The Kier molecular flexibility index (Phi) is 4.88. The van der Waals surface area contributed by atoms with Crippen LogP contribution in [0.15, 0.2) is 24.3 Å². The molecule has 0 aromatic heterocycles. The third-order valence-electron chi connectivity index (χ3n) is 3.88. The Morgan fingerprint density at radius 2 is 1.90 bits per heavy atom. The first-order valence-corrected chi connectivity index (χ1v) is 7.58. The van der Waals surface area contributed by atoms with Crippen LogP contribution in [0.3, 0.4) is 0 Å². The highest BCUT2D eigenvalue weighted by atomic mass is 16.2. The van der Waals surface area contributed by atoms with Gasteiger partial charge in [-0.2, -0.15) is 0 Å². The number of hydrogen-bond donors (Lipinski definition) is 3. The number of urea groups is 1. The largest absolute Gasteiger partial charge is 0.399 e. The van der Waals surface area contributed by atoms with Gasteiger partial charge in [0.1, 0.15) is 0 Å². The molecule has 20 heavy (non-hydrogen) atoms. The monoisotopic (exact) mass is 275 g/mol. The van der Waals surface area contributed by atoms with Crippen molar-refractivity contribution >= 4 is 11.7 Å². The molecular formula is C16H25N3O. The summed E-state index contributed by atoms with van der Waals surface area (Å²) in [6.07, 6.45) is 6.68. The lowest BCUT2D eigenvalue weighted by Gasteiger charge is -2.18. The number of carbonyl (C=O) groups excluding carboxylic acids is 1. The van der Waals surface area contributed by atoms with Crippen molar-refractivity contribution in [1.29, 1.82) is 0 Å². The van der Waals surface area contributed by atoms with Crippen molar-refractivity contribution in [2.24, 2.45) is 0 Å². The van der Waals surface area contributed by atoms with Crippen LogP contribution in [-0.4, -0.2) is 12.6 Å². The van der Waals surface area contributed by atoms with Crippen LogP contribution in [-0.2, 0) is 5.54 Å². The first-order valence-electron chi connectivity index (χ1n) is 7.58. The van der Waals surface area contributed by atoms with Crippen LogP contribution < -0.4 is 16.4 Å². The summed E-state index contributed by atoms with van der Waals surface area (Å²) < 4.78 is 0. The number of nitrogens with one attached hydrogen (secondary N) is 2. The minimum atomic E-state index is -0.165. The van der Waals surface area contributed by atoms with Gasteiger partial charge in [-0.25, -0.2) is 4.79 Å². The summed E-state index contributed by atoms with van der Waals surface area (Å²) in [6, 6.07) is 7.73. The van der Waals surface area contributed by atoms with Gasteiger partial charge in [0.05, 0.1) is 5.54 Å². The third-order valence-corrected chi connectivity index (χ3v) is 3.88. The molecule has 0 spiro atoms. The van der Waals surface area contributed by atoms with Crippen molar-refractivity contribution in [3.8, 4) is 0 Å². The van der Waals surface area contributed by atoms with E-state index in [-0.39, 0.29) is 11.6 Å². The Hall–Kier alpha value is -1.71. The molecule has 1 aromatic rings. The van der Waals surface area contributed by atoms with Crippen molar-refractivity contribution in [3.05, 3.63) is 29.8 Å². The molecule has 0 heterocycles. The number of rotatable bonds is 7. The number of anilines is 1. The number of carbonyl (C=O) groups is 1. The van der Waals surface area contributed by atoms with Crippen LogP contribution in [0.25, 0.3) is 0 Å². The fourth-order valence-corrected chi connectivity index (χ4v) is 2.43. The molecule has 1 saturated carbocycles. The minimum Gasteiger partial charge on any atom is -0.399 e. The molecule has 1 aromatic carbocycles. The van der Waals surface area contributed by atoms with Crippen LogP contribution >= 0.6 is 0 Å². The molecule has 0 bridgehead atoms. The highest BCUT2D eigenvalue weighted by Gasteiger charge is 2.45. The number of benzene rings is 1. The lowest BCUT2D eigenvalue weighted by Crippen LogP contribution is -2.42. The number of hydrogen-bond acceptors (Lipinski definition) is 2. The zero-order valence-corrected chi connectivity index (χ0v) is 12.2. The van der Waals surface area contributed by atoms with Crippen LogP contribution in [0, 0.1) is 0 Å². The summed E-state index contributed by atoms with van der Waals surface area (Å²) in [5, 5.41) is 6.05. The van der Waals surface area contributed by atoms with Crippen LogP contribution in [0.1, 0.15) is 51.0 Å². The molecule has 0 unspecified atom stereocenters. The second-order valence-electron chi connectivity index (χ2n) is 5.65. The van der Waals surface area contributed by atoms with E-state index in [1.807, 2.05) is 24.3 Å². The van der Waals surface area contributed by atoms with Gasteiger partial charge in [0, 0.05) is 12.2 Å². The smallest absolute Gasteiger partial charge is 0.315 e. The van der Waals surface area contributed by atoms with E-state index in [1.165, 1.54) is 19.3 Å². The first kappa shape index (κ1) is 14.7. The average molecular weight is 275 g/mol. The van der Waals surface area contributed by atoms with Gasteiger partial charge in [-0.05, 0) is 37.0 Å². The molecule has 1 fully saturated rings. The van der Waals surface area contributed by atoms with Crippen molar-refractivity contribution in [3.63, 3.8) is 0 Å². The Labute approximate surface area is 121 Å². The van der Waals surface area contributed by atoms with E-state index in [1.54, 1.807) is 0 Å². The predicted octanol–water partition coefficient (Wildman–Crippen LogP) is 3.14. The van der Waals surface area contributed by atoms with Crippen LogP contribution in [0.5, 0.6) is 0 Å². The van der Waals surface area contributed by atoms with Gasteiger partial charge < -0.3 is 16.4 Å². The van der Waals surface area contributed by atoms with Gasteiger partial charge in [-0.1, -0.05) is 38.3 Å². The standard InChI is InChI=1S/C16H25N3O/c1-2-3-4-5-12-18-15(20)19-16(10-11-16)13-6-8-14(17)9-7-13/h6-9H,2-5,10-12,17H2,1H3,(H2,18,19,20). The highest BCUT2D eigenvalue weighted by molar-refractivity contribution is 5.75. The molecule has 110 valence electrons.